The van der Waals surface area contributed by atoms with Crippen LogP contribution in [0, 0.1) is 0 Å². The lowest BCUT2D eigenvalue weighted by atomic mass is 10.1. The monoisotopic (exact) mass is 396 g/mol. The summed E-state index contributed by atoms with van der Waals surface area (Å²) >= 11 is 0. The molecule has 0 aliphatic rings. The lowest BCUT2D eigenvalue weighted by Crippen LogP contribution is -2.05. The molecule has 0 aliphatic heterocycles. The summed E-state index contributed by atoms with van der Waals surface area (Å²) in [6, 6.07) is 8.34. The first kappa shape index (κ1) is 18.7. The van der Waals surface area contributed by atoms with Crippen LogP contribution in [0.25, 0.3) is 11.4 Å². The highest BCUT2D eigenvalue weighted by Crippen LogP contribution is 2.29. The minimum absolute atomic E-state index is 0.113. The Labute approximate surface area is 151 Å². The fourth-order valence-corrected chi connectivity index (χ4v) is 3.23. The molecule has 140 valence electrons. The molecule has 2 aromatic heterocycles. The Morgan fingerprint density at radius 3 is 2.30 bits per heavy atom. The highest BCUT2D eigenvalue weighted by molar-refractivity contribution is 7.93. The molecule has 1 amide bonds. The maximum Gasteiger partial charge on any atom is 0.471 e. The van der Waals surface area contributed by atoms with E-state index < -0.39 is 27.7 Å². The normalized spacial score (nSPS) is 13.8. The van der Waals surface area contributed by atoms with Gasteiger partial charge in [0.1, 0.15) is 0 Å². The Morgan fingerprint density at radius 1 is 1.11 bits per heavy atom. The molecule has 1 atom stereocenters. The number of nitrogens with zero attached hydrogens (tertiary/aromatic N) is 4. The Morgan fingerprint density at radius 2 is 1.74 bits per heavy atom. The van der Waals surface area contributed by atoms with Gasteiger partial charge in [-0.15, -0.1) is 0 Å². The average Bonchev–Trinajstić information content (AvgIpc) is 3.13. The molecule has 11 heteroatoms. The molecule has 27 heavy (non-hydrogen) atoms. The minimum atomic E-state index is -4.74. The van der Waals surface area contributed by atoms with Gasteiger partial charge in [-0.25, -0.2) is 4.21 Å². The predicted octanol–water partition coefficient (Wildman–Crippen LogP) is 3.45. The number of alkyl halides is 3. The molecular formula is C16H11F3N4O3S. The molecular weight excluding hydrogens is 385 g/mol. The van der Waals surface area contributed by atoms with E-state index in [1.165, 1.54) is 55.0 Å². The van der Waals surface area contributed by atoms with Gasteiger partial charge in [0.05, 0.1) is 14.6 Å². The third kappa shape index (κ3) is 4.19. The SMILES string of the molecule is CS(=O)(=NC(=O)c1ccc(-c2noc(C(F)(F)F)n2)cc1)c1ccncc1. The maximum atomic E-state index is 12.6. The Kier molecular flexibility index (Phi) is 4.79. The van der Waals surface area contributed by atoms with Crippen LogP contribution >= 0.6 is 0 Å². The second kappa shape index (κ2) is 6.91. The lowest BCUT2D eigenvalue weighted by molar-refractivity contribution is -0.159. The van der Waals surface area contributed by atoms with Gasteiger partial charge in [0.25, 0.3) is 5.91 Å². The van der Waals surface area contributed by atoms with E-state index in [9.17, 15) is 22.2 Å². The van der Waals surface area contributed by atoms with Gasteiger partial charge in [0.2, 0.25) is 5.82 Å². The number of amides is 1. The molecule has 2 heterocycles. The van der Waals surface area contributed by atoms with Gasteiger partial charge in [-0.2, -0.15) is 22.5 Å². The molecule has 0 N–H and O–H groups in total. The zero-order valence-corrected chi connectivity index (χ0v) is 14.5. The molecule has 0 bridgehead atoms. The number of rotatable bonds is 3. The van der Waals surface area contributed by atoms with Crippen molar-refractivity contribution in [1.82, 2.24) is 15.1 Å². The molecule has 0 aliphatic carbocycles. The van der Waals surface area contributed by atoms with Crippen molar-refractivity contribution in [2.75, 3.05) is 6.26 Å². The Balaban J connectivity index is 1.85. The number of benzene rings is 1. The van der Waals surface area contributed by atoms with Crippen molar-refractivity contribution in [3.8, 4) is 11.4 Å². The van der Waals surface area contributed by atoms with Crippen LogP contribution in [-0.2, 0) is 15.9 Å². The predicted molar refractivity (Wildman–Crippen MR) is 88.1 cm³/mol. The Bertz CT molecular complexity index is 1090. The van der Waals surface area contributed by atoms with Gasteiger partial charge in [-0.05, 0) is 24.3 Å². The first-order chi connectivity index (χ1) is 12.7. The van der Waals surface area contributed by atoms with Crippen LogP contribution in [0.5, 0.6) is 0 Å². The fourth-order valence-electron chi connectivity index (χ4n) is 2.07. The van der Waals surface area contributed by atoms with Gasteiger partial charge in [0, 0.05) is 29.8 Å². The summed E-state index contributed by atoms with van der Waals surface area (Å²) in [5.74, 6) is -2.46. The molecule has 3 rings (SSSR count). The van der Waals surface area contributed by atoms with E-state index in [0.717, 1.165) is 0 Å². The topological polar surface area (TPSA) is 98.3 Å². The molecule has 0 fully saturated rings. The number of halogens is 3. The molecule has 0 radical (unpaired) electrons. The van der Waals surface area contributed by atoms with Crippen LogP contribution in [-0.4, -0.2) is 31.5 Å². The van der Waals surface area contributed by atoms with Crippen molar-refractivity contribution in [1.29, 1.82) is 0 Å². The van der Waals surface area contributed by atoms with Gasteiger partial charge in [-0.1, -0.05) is 17.3 Å². The molecule has 1 aromatic carbocycles. The third-order valence-corrected chi connectivity index (χ3v) is 5.06. The number of hydrogen-bond donors (Lipinski definition) is 0. The van der Waals surface area contributed by atoms with E-state index in [1.807, 2.05) is 0 Å². The standard InChI is InChI=1S/C16H11F3N4O3S/c1-27(25,12-6-8-20-9-7-12)23-14(24)11-4-2-10(3-5-11)13-21-15(26-22-13)16(17,18)19/h2-9H,1H3. The lowest BCUT2D eigenvalue weighted by Gasteiger charge is -2.03. The van der Waals surface area contributed by atoms with Crippen molar-refractivity contribution in [3.63, 3.8) is 0 Å². The number of pyridine rings is 1. The number of aromatic nitrogens is 3. The summed E-state index contributed by atoms with van der Waals surface area (Å²) in [7, 11) is -2.96. The summed E-state index contributed by atoms with van der Waals surface area (Å²) in [6.07, 6.45) is -0.540. The summed E-state index contributed by atoms with van der Waals surface area (Å²) < 4.78 is 58.0. The summed E-state index contributed by atoms with van der Waals surface area (Å²) in [5, 5.41) is 3.26. The fraction of sp³-hybridized carbons (Fsp3) is 0.125. The van der Waals surface area contributed by atoms with Crippen LogP contribution in [0.1, 0.15) is 16.2 Å². The molecule has 3 aromatic rings. The van der Waals surface area contributed by atoms with Gasteiger partial charge in [-0.3, -0.25) is 9.78 Å². The minimum Gasteiger partial charge on any atom is -0.329 e. The van der Waals surface area contributed by atoms with E-state index in [-0.39, 0.29) is 17.0 Å². The van der Waals surface area contributed by atoms with Crippen molar-refractivity contribution < 1.29 is 26.7 Å². The van der Waals surface area contributed by atoms with Crippen LogP contribution in [0.4, 0.5) is 13.2 Å². The van der Waals surface area contributed by atoms with Crippen LogP contribution in [0.15, 0.2) is 62.6 Å². The van der Waals surface area contributed by atoms with Crippen LogP contribution in [0.3, 0.4) is 0 Å². The quantitative estimate of drug-likeness (QED) is 0.673. The Hall–Kier alpha value is -3.08. The third-order valence-electron chi connectivity index (χ3n) is 3.40. The second-order valence-electron chi connectivity index (χ2n) is 5.38. The van der Waals surface area contributed by atoms with E-state index in [4.69, 9.17) is 0 Å². The van der Waals surface area contributed by atoms with Gasteiger partial charge >= 0.3 is 12.1 Å². The number of hydrogen-bond acceptors (Lipinski definition) is 6. The van der Waals surface area contributed by atoms with Crippen molar-refractivity contribution in [2.24, 2.45) is 4.36 Å². The van der Waals surface area contributed by atoms with Gasteiger partial charge < -0.3 is 4.52 Å². The average molecular weight is 396 g/mol. The first-order valence-corrected chi connectivity index (χ1v) is 9.27. The first-order valence-electron chi connectivity index (χ1n) is 7.35. The maximum absolute atomic E-state index is 12.6. The molecule has 0 spiro atoms. The molecule has 1 unspecified atom stereocenters. The van der Waals surface area contributed by atoms with E-state index in [0.29, 0.717) is 4.90 Å². The number of carbonyl (C=O) groups is 1. The second-order valence-corrected chi connectivity index (χ2v) is 7.64. The van der Waals surface area contributed by atoms with Crippen molar-refractivity contribution in [2.45, 2.75) is 11.1 Å². The van der Waals surface area contributed by atoms with Crippen molar-refractivity contribution in [3.05, 3.63) is 60.2 Å². The highest BCUT2D eigenvalue weighted by atomic mass is 32.2. The van der Waals surface area contributed by atoms with Crippen molar-refractivity contribution >= 4 is 15.6 Å². The zero-order valence-electron chi connectivity index (χ0n) is 13.7. The van der Waals surface area contributed by atoms with E-state index >= 15 is 0 Å². The van der Waals surface area contributed by atoms with Crippen LogP contribution < -0.4 is 0 Å². The summed E-state index contributed by atoms with van der Waals surface area (Å²) in [5.41, 5.74) is 0.332. The summed E-state index contributed by atoms with van der Waals surface area (Å²) in [6.45, 7) is 0. The summed E-state index contributed by atoms with van der Waals surface area (Å²) in [4.78, 5) is 19.7. The largest absolute Gasteiger partial charge is 0.471 e. The zero-order chi connectivity index (χ0) is 19.7. The highest BCUT2D eigenvalue weighted by Gasteiger charge is 2.38. The molecule has 7 nitrogen and oxygen atoms in total. The van der Waals surface area contributed by atoms with E-state index in [1.54, 1.807) is 0 Å². The smallest absolute Gasteiger partial charge is 0.329 e. The van der Waals surface area contributed by atoms with Crippen LogP contribution in [0.2, 0.25) is 0 Å². The van der Waals surface area contributed by atoms with E-state index in [2.05, 4.69) is 24.0 Å². The van der Waals surface area contributed by atoms with Gasteiger partial charge in [0.15, 0.2) is 0 Å². The molecule has 0 saturated carbocycles. The molecule has 0 saturated heterocycles. The number of carbonyl (C=O) groups excluding carboxylic acids is 1.